The molecule has 7 nitrogen and oxygen atoms in total. The van der Waals surface area contributed by atoms with Crippen LogP contribution in [0.15, 0.2) is 11.2 Å². The van der Waals surface area contributed by atoms with E-state index in [9.17, 15) is 13.2 Å². The van der Waals surface area contributed by atoms with Crippen molar-refractivity contribution in [3.63, 3.8) is 0 Å². The average Bonchev–Trinajstić information content (AvgIpc) is 2.95. The number of ether oxygens (including phenoxy) is 1. The lowest BCUT2D eigenvalue weighted by atomic mass is 10.2. The Morgan fingerprint density at radius 1 is 1.32 bits per heavy atom. The van der Waals surface area contributed by atoms with Crippen molar-refractivity contribution in [1.82, 2.24) is 25.3 Å². The van der Waals surface area contributed by atoms with Crippen LogP contribution in [0.3, 0.4) is 0 Å². The summed E-state index contributed by atoms with van der Waals surface area (Å²) in [7, 11) is 1.47. The zero-order valence-electron chi connectivity index (χ0n) is 14.6. The van der Waals surface area contributed by atoms with Gasteiger partial charge in [0.15, 0.2) is 11.7 Å². The molecule has 0 bridgehead atoms. The molecule has 0 saturated carbocycles. The summed E-state index contributed by atoms with van der Waals surface area (Å²) in [6.45, 7) is 7.17. The van der Waals surface area contributed by atoms with Gasteiger partial charge in [-0.25, -0.2) is 4.99 Å². The Bertz CT molecular complexity index is 566. The zero-order valence-corrected chi connectivity index (χ0v) is 14.6. The third-order valence-electron chi connectivity index (χ3n) is 3.75. The second-order valence-electron chi connectivity index (χ2n) is 5.75. The molecule has 25 heavy (non-hydrogen) atoms. The van der Waals surface area contributed by atoms with E-state index in [0.717, 1.165) is 37.5 Å². The fourth-order valence-electron chi connectivity index (χ4n) is 2.56. The summed E-state index contributed by atoms with van der Waals surface area (Å²) in [6.07, 6.45) is -3.13. The first-order valence-corrected chi connectivity index (χ1v) is 8.32. The number of alkyl halides is 3. The lowest BCUT2D eigenvalue weighted by Crippen LogP contribution is -2.44. The monoisotopic (exact) mass is 362 g/mol. The van der Waals surface area contributed by atoms with Gasteiger partial charge in [0, 0.05) is 51.5 Å². The van der Waals surface area contributed by atoms with Crippen LogP contribution in [0, 0.1) is 0 Å². The van der Waals surface area contributed by atoms with Gasteiger partial charge in [-0.1, -0.05) is 0 Å². The van der Waals surface area contributed by atoms with Gasteiger partial charge in [0.2, 0.25) is 0 Å². The van der Waals surface area contributed by atoms with Gasteiger partial charge in [-0.3, -0.25) is 9.58 Å². The number of guanidine groups is 1. The molecule has 0 radical (unpaired) electrons. The van der Waals surface area contributed by atoms with Gasteiger partial charge in [0.25, 0.3) is 0 Å². The summed E-state index contributed by atoms with van der Waals surface area (Å²) < 4.78 is 45.4. The molecular formula is C15H25F3N6O. The Kier molecular flexibility index (Phi) is 7.06. The predicted octanol–water partition coefficient (Wildman–Crippen LogP) is 0.826. The molecular weight excluding hydrogens is 337 g/mol. The number of nitrogens with one attached hydrogen (secondary N) is 2. The second-order valence-corrected chi connectivity index (χ2v) is 5.75. The maximum Gasteiger partial charge on any atom is 0.435 e. The minimum Gasteiger partial charge on any atom is -0.379 e. The normalized spacial score (nSPS) is 16.9. The summed E-state index contributed by atoms with van der Waals surface area (Å²) >= 11 is 0. The molecule has 0 aliphatic carbocycles. The zero-order chi connectivity index (χ0) is 18.3. The van der Waals surface area contributed by atoms with E-state index < -0.39 is 11.9 Å². The van der Waals surface area contributed by atoms with Crippen LogP contribution >= 0.6 is 0 Å². The number of morpholine rings is 1. The maximum absolute atomic E-state index is 13.0. The number of hydrogen-bond donors (Lipinski definition) is 2. The molecule has 0 spiro atoms. The summed E-state index contributed by atoms with van der Waals surface area (Å²) in [6, 6.07) is 0. The highest BCUT2D eigenvalue weighted by Crippen LogP contribution is 2.30. The third-order valence-corrected chi connectivity index (χ3v) is 3.75. The van der Waals surface area contributed by atoms with Crippen molar-refractivity contribution >= 4 is 5.96 Å². The highest BCUT2D eigenvalue weighted by Gasteiger charge is 2.36. The van der Waals surface area contributed by atoms with Crippen LogP contribution in [0.1, 0.15) is 18.2 Å². The van der Waals surface area contributed by atoms with Crippen LogP contribution in [0.25, 0.3) is 0 Å². The SMILES string of the molecule is CCNC(=NCc1cn(C)nc1C(F)(F)F)NCCN1CCOCC1. The molecule has 2 N–H and O–H groups in total. The number of nitrogens with zero attached hydrogens (tertiary/aromatic N) is 4. The molecule has 0 unspecified atom stereocenters. The Morgan fingerprint density at radius 2 is 2.04 bits per heavy atom. The van der Waals surface area contributed by atoms with Crippen molar-refractivity contribution in [2.45, 2.75) is 19.6 Å². The Labute approximate surface area is 145 Å². The topological polar surface area (TPSA) is 66.7 Å². The standard InChI is InChI=1S/C15H25F3N6O/c1-3-19-14(20-4-5-24-6-8-25-9-7-24)21-10-12-11-23(2)22-13(12)15(16,17)18/h11H,3-10H2,1-2H3,(H2,19,20,21). The van der Waals surface area contributed by atoms with Gasteiger partial charge in [-0.2, -0.15) is 18.3 Å². The molecule has 2 heterocycles. The van der Waals surface area contributed by atoms with Crippen molar-refractivity contribution in [2.24, 2.45) is 12.0 Å². The lowest BCUT2D eigenvalue weighted by Gasteiger charge is -2.26. The van der Waals surface area contributed by atoms with Crippen molar-refractivity contribution in [3.8, 4) is 0 Å². The maximum atomic E-state index is 13.0. The fraction of sp³-hybridized carbons (Fsp3) is 0.733. The second kappa shape index (κ2) is 9.04. The van der Waals surface area contributed by atoms with E-state index in [1.165, 1.54) is 13.2 Å². The van der Waals surface area contributed by atoms with Crippen LogP contribution in [-0.2, 0) is 24.5 Å². The summed E-state index contributed by atoms with van der Waals surface area (Å²) in [5.41, 5.74) is -0.830. The van der Waals surface area contributed by atoms with Gasteiger partial charge in [0.05, 0.1) is 19.8 Å². The molecule has 142 valence electrons. The number of hydrogen-bond acceptors (Lipinski definition) is 4. The van der Waals surface area contributed by atoms with Crippen LogP contribution in [-0.4, -0.2) is 66.6 Å². The molecule has 1 aliphatic heterocycles. The molecule has 1 fully saturated rings. The quantitative estimate of drug-likeness (QED) is 0.580. The van der Waals surface area contributed by atoms with E-state index in [0.29, 0.717) is 19.0 Å². The number of aryl methyl sites for hydroxylation is 1. The molecule has 0 aromatic carbocycles. The molecule has 1 aromatic rings. The highest BCUT2D eigenvalue weighted by molar-refractivity contribution is 5.79. The fourth-order valence-corrected chi connectivity index (χ4v) is 2.56. The molecule has 2 rings (SSSR count). The first-order valence-electron chi connectivity index (χ1n) is 8.32. The number of aromatic nitrogens is 2. The largest absolute Gasteiger partial charge is 0.435 e. The molecule has 0 amide bonds. The first-order chi connectivity index (χ1) is 11.9. The van der Waals surface area contributed by atoms with Gasteiger partial charge in [-0.05, 0) is 6.92 Å². The number of halogens is 3. The Balaban J connectivity index is 1.92. The molecule has 1 aliphatic rings. The smallest absolute Gasteiger partial charge is 0.379 e. The Hall–Kier alpha value is -1.81. The molecule has 1 aromatic heterocycles. The van der Waals surface area contributed by atoms with Gasteiger partial charge in [0.1, 0.15) is 0 Å². The minimum atomic E-state index is -4.48. The molecule has 0 atom stereocenters. The highest BCUT2D eigenvalue weighted by atomic mass is 19.4. The average molecular weight is 362 g/mol. The van der Waals surface area contributed by atoms with Crippen LogP contribution in [0.5, 0.6) is 0 Å². The number of aliphatic imine (C=N–C) groups is 1. The van der Waals surface area contributed by atoms with E-state index in [1.54, 1.807) is 0 Å². The van der Waals surface area contributed by atoms with Crippen molar-refractivity contribution in [3.05, 3.63) is 17.5 Å². The first kappa shape index (κ1) is 19.5. The van der Waals surface area contributed by atoms with Gasteiger partial charge >= 0.3 is 6.18 Å². The molecule has 1 saturated heterocycles. The van der Waals surface area contributed by atoms with Crippen LogP contribution in [0.2, 0.25) is 0 Å². The van der Waals surface area contributed by atoms with Crippen LogP contribution in [0.4, 0.5) is 13.2 Å². The van der Waals surface area contributed by atoms with E-state index >= 15 is 0 Å². The van der Waals surface area contributed by atoms with Crippen LogP contribution < -0.4 is 10.6 Å². The van der Waals surface area contributed by atoms with Crippen molar-refractivity contribution < 1.29 is 17.9 Å². The third kappa shape index (κ3) is 6.20. The van der Waals surface area contributed by atoms with Crippen molar-refractivity contribution in [2.75, 3.05) is 45.9 Å². The van der Waals surface area contributed by atoms with Crippen molar-refractivity contribution in [1.29, 1.82) is 0 Å². The Morgan fingerprint density at radius 3 is 2.68 bits per heavy atom. The summed E-state index contributed by atoms with van der Waals surface area (Å²) in [5, 5.41) is 9.69. The number of rotatable bonds is 6. The minimum absolute atomic E-state index is 0.0559. The summed E-state index contributed by atoms with van der Waals surface area (Å²) in [4.78, 5) is 6.52. The molecule has 10 heteroatoms. The van der Waals surface area contributed by atoms with E-state index in [2.05, 4.69) is 25.6 Å². The summed E-state index contributed by atoms with van der Waals surface area (Å²) in [5.74, 6) is 0.493. The van der Waals surface area contributed by atoms with Gasteiger partial charge < -0.3 is 15.4 Å². The predicted molar refractivity (Wildman–Crippen MR) is 88.3 cm³/mol. The van der Waals surface area contributed by atoms with Gasteiger partial charge in [-0.15, -0.1) is 0 Å². The van der Waals surface area contributed by atoms with E-state index in [-0.39, 0.29) is 12.1 Å². The van der Waals surface area contributed by atoms with E-state index in [1.807, 2.05) is 6.92 Å². The lowest BCUT2D eigenvalue weighted by molar-refractivity contribution is -0.142. The van der Waals surface area contributed by atoms with E-state index in [4.69, 9.17) is 4.74 Å².